The number of halogens is 1. The van der Waals surface area contributed by atoms with E-state index in [1.54, 1.807) is 23.8 Å². The van der Waals surface area contributed by atoms with Crippen molar-refractivity contribution in [1.82, 2.24) is 9.88 Å². The van der Waals surface area contributed by atoms with E-state index in [4.69, 9.17) is 4.74 Å². The van der Waals surface area contributed by atoms with Gasteiger partial charge < -0.3 is 19.7 Å². The Morgan fingerprint density at radius 1 is 1.19 bits per heavy atom. The average Bonchev–Trinajstić information content (AvgIpc) is 3.11. The van der Waals surface area contributed by atoms with Crippen molar-refractivity contribution in [1.29, 1.82) is 0 Å². The summed E-state index contributed by atoms with van der Waals surface area (Å²) in [6.07, 6.45) is 8.19. The number of allylic oxidation sites excluding steroid dienone is 1. The molecule has 4 rings (SSSR count). The van der Waals surface area contributed by atoms with Gasteiger partial charge in [-0.3, -0.25) is 0 Å². The second kappa shape index (κ2) is 10.0. The fraction of sp³-hybridized carbons (Fsp3) is 0.346. The number of benzene rings is 2. The Labute approximate surface area is 187 Å². The lowest BCUT2D eigenvalue weighted by Crippen LogP contribution is -2.19. The molecule has 0 unspecified atom stereocenters. The highest BCUT2D eigenvalue weighted by atomic mass is 19.1. The van der Waals surface area contributed by atoms with E-state index in [2.05, 4.69) is 11.4 Å². The third-order valence-corrected chi connectivity index (χ3v) is 6.14. The van der Waals surface area contributed by atoms with Crippen molar-refractivity contribution in [2.75, 3.05) is 13.7 Å². The maximum Gasteiger partial charge on any atom is 0.352 e. The van der Waals surface area contributed by atoms with Crippen LogP contribution in [0.1, 0.15) is 53.7 Å². The van der Waals surface area contributed by atoms with Gasteiger partial charge in [-0.1, -0.05) is 23.8 Å². The van der Waals surface area contributed by atoms with Crippen molar-refractivity contribution >= 4 is 16.9 Å². The number of hydrogen-bond acceptors (Lipinski definition) is 3. The van der Waals surface area contributed by atoms with E-state index in [9.17, 15) is 14.3 Å². The van der Waals surface area contributed by atoms with E-state index >= 15 is 0 Å². The molecule has 2 aromatic carbocycles. The lowest BCUT2D eigenvalue weighted by molar-refractivity contribution is 0.0684. The minimum Gasteiger partial charge on any atom is -0.497 e. The number of carbonyl (C=O) groups is 1. The van der Waals surface area contributed by atoms with Crippen LogP contribution in [-0.4, -0.2) is 29.3 Å². The molecule has 0 radical (unpaired) electrons. The van der Waals surface area contributed by atoms with Gasteiger partial charge in [0.2, 0.25) is 0 Å². The van der Waals surface area contributed by atoms with E-state index in [0.29, 0.717) is 18.8 Å². The molecule has 0 amide bonds. The zero-order chi connectivity index (χ0) is 22.5. The average molecular weight is 437 g/mol. The first-order valence-electron chi connectivity index (χ1n) is 11.1. The van der Waals surface area contributed by atoms with Crippen molar-refractivity contribution in [2.45, 2.75) is 45.2 Å². The molecule has 0 spiro atoms. The summed E-state index contributed by atoms with van der Waals surface area (Å²) >= 11 is 0. The zero-order valence-corrected chi connectivity index (χ0v) is 18.4. The largest absolute Gasteiger partial charge is 0.497 e. The predicted octanol–water partition coefficient (Wildman–Crippen LogP) is 5.52. The summed E-state index contributed by atoms with van der Waals surface area (Å²) in [5.74, 6) is -0.630. The minimum atomic E-state index is -0.978. The van der Waals surface area contributed by atoms with Crippen LogP contribution in [0.4, 0.5) is 4.39 Å². The van der Waals surface area contributed by atoms with Crippen molar-refractivity contribution in [3.63, 3.8) is 0 Å². The fourth-order valence-electron chi connectivity index (χ4n) is 4.48. The molecule has 168 valence electrons. The van der Waals surface area contributed by atoms with Gasteiger partial charge in [0, 0.05) is 30.1 Å². The highest BCUT2D eigenvalue weighted by Crippen LogP contribution is 2.31. The Kier molecular flexibility index (Phi) is 6.90. The molecular weight excluding hydrogens is 407 g/mol. The second-order valence-corrected chi connectivity index (χ2v) is 8.26. The normalized spacial score (nSPS) is 13.9. The topological polar surface area (TPSA) is 63.5 Å². The Balaban J connectivity index is 1.65. The van der Waals surface area contributed by atoms with Gasteiger partial charge in [0.1, 0.15) is 17.3 Å². The van der Waals surface area contributed by atoms with Gasteiger partial charge in [-0.2, -0.15) is 0 Å². The van der Waals surface area contributed by atoms with Crippen LogP contribution in [0.5, 0.6) is 5.75 Å². The van der Waals surface area contributed by atoms with Crippen LogP contribution in [0.2, 0.25) is 0 Å². The lowest BCUT2D eigenvalue weighted by atomic mass is 9.97. The molecule has 1 heterocycles. The number of rotatable bonds is 9. The number of fused-ring (bicyclic) bond motifs is 1. The van der Waals surface area contributed by atoms with E-state index in [0.717, 1.165) is 41.4 Å². The molecule has 1 aromatic heterocycles. The van der Waals surface area contributed by atoms with Crippen molar-refractivity contribution in [2.24, 2.45) is 0 Å². The van der Waals surface area contributed by atoms with Gasteiger partial charge in [-0.15, -0.1) is 0 Å². The Morgan fingerprint density at radius 2 is 2.00 bits per heavy atom. The van der Waals surface area contributed by atoms with E-state index in [1.807, 2.05) is 18.2 Å². The quantitative estimate of drug-likeness (QED) is 0.343. The van der Waals surface area contributed by atoms with Crippen LogP contribution in [0.15, 0.2) is 54.1 Å². The summed E-state index contributed by atoms with van der Waals surface area (Å²) in [5.41, 5.74) is 4.12. The summed E-state index contributed by atoms with van der Waals surface area (Å²) in [4.78, 5) is 12.3. The number of nitrogens with one attached hydrogen (secondary N) is 1. The standard InChI is InChI=1S/C26H29FN2O3/c1-32-21-11-12-22-23(16-28-14-13-18-5-3-2-4-6-18)25(26(30)31)29(24(22)15-21)17-19-7-9-20(27)10-8-19/h5,7-12,15,28H,2-4,6,13-14,16-17H2,1H3,(H,30,31). The van der Waals surface area contributed by atoms with E-state index < -0.39 is 5.97 Å². The minimum absolute atomic E-state index is 0.252. The third-order valence-electron chi connectivity index (χ3n) is 6.14. The number of aromatic nitrogens is 1. The van der Waals surface area contributed by atoms with Gasteiger partial charge in [0.15, 0.2) is 0 Å². The number of carboxylic acids is 1. The molecular formula is C26H29FN2O3. The summed E-state index contributed by atoms with van der Waals surface area (Å²) < 4.78 is 20.5. The Bertz CT molecular complexity index is 1130. The molecule has 0 saturated heterocycles. The van der Waals surface area contributed by atoms with Crippen LogP contribution in [0.25, 0.3) is 10.9 Å². The molecule has 0 atom stereocenters. The van der Waals surface area contributed by atoms with Crippen LogP contribution in [-0.2, 0) is 13.1 Å². The molecule has 3 aromatic rings. The molecule has 1 aliphatic rings. The molecule has 0 bridgehead atoms. The Hall–Kier alpha value is -3.12. The van der Waals surface area contributed by atoms with Gasteiger partial charge in [0.25, 0.3) is 0 Å². The lowest BCUT2D eigenvalue weighted by Gasteiger charge is -2.13. The smallest absolute Gasteiger partial charge is 0.352 e. The summed E-state index contributed by atoms with van der Waals surface area (Å²) in [5, 5.41) is 14.4. The number of aromatic carboxylic acids is 1. The van der Waals surface area contributed by atoms with E-state index in [1.165, 1.54) is 37.0 Å². The molecule has 6 heteroatoms. The predicted molar refractivity (Wildman–Crippen MR) is 124 cm³/mol. The number of nitrogens with zero attached hydrogens (tertiary/aromatic N) is 1. The van der Waals surface area contributed by atoms with E-state index in [-0.39, 0.29) is 11.5 Å². The van der Waals surface area contributed by atoms with Crippen molar-refractivity contribution in [3.8, 4) is 5.75 Å². The maximum atomic E-state index is 13.4. The number of carboxylic acid groups (broad SMARTS) is 1. The molecule has 0 fully saturated rings. The summed E-state index contributed by atoms with van der Waals surface area (Å²) in [6.45, 7) is 1.61. The fourth-order valence-corrected chi connectivity index (χ4v) is 4.48. The third kappa shape index (κ3) is 4.86. The molecule has 0 aliphatic heterocycles. The van der Waals surface area contributed by atoms with Gasteiger partial charge in [0.05, 0.1) is 12.6 Å². The maximum absolute atomic E-state index is 13.4. The van der Waals surface area contributed by atoms with Gasteiger partial charge >= 0.3 is 5.97 Å². The van der Waals surface area contributed by atoms with Crippen molar-refractivity contribution < 1.29 is 19.0 Å². The summed E-state index contributed by atoms with van der Waals surface area (Å²) in [7, 11) is 1.59. The number of hydrogen-bond donors (Lipinski definition) is 2. The molecule has 2 N–H and O–H groups in total. The van der Waals surface area contributed by atoms with Crippen LogP contribution < -0.4 is 10.1 Å². The van der Waals surface area contributed by atoms with Crippen molar-refractivity contribution in [3.05, 3.63) is 76.8 Å². The van der Waals surface area contributed by atoms with Crippen LogP contribution in [0, 0.1) is 5.82 Å². The first-order valence-corrected chi connectivity index (χ1v) is 11.1. The first-order chi connectivity index (χ1) is 15.6. The Morgan fingerprint density at radius 3 is 2.69 bits per heavy atom. The van der Waals surface area contributed by atoms with Gasteiger partial charge in [-0.25, -0.2) is 9.18 Å². The SMILES string of the molecule is COc1ccc2c(CNCCC3=CCCCC3)c(C(=O)O)n(Cc3ccc(F)cc3)c2c1. The molecule has 1 aliphatic carbocycles. The first kappa shape index (κ1) is 22.1. The van der Waals surface area contributed by atoms with Gasteiger partial charge in [-0.05, 0) is 68.5 Å². The second-order valence-electron chi connectivity index (χ2n) is 8.26. The van der Waals surface area contributed by atoms with Crippen LogP contribution >= 0.6 is 0 Å². The molecule has 0 saturated carbocycles. The monoisotopic (exact) mass is 436 g/mol. The molecule has 32 heavy (non-hydrogen) atoms. The van der Waals surface area contributed by atoms with Crippen LogP contribution in [0.3, 0.4) is 0 Å². The highest BCUT2D eigenvalue weighted by Gasteiger charge is 2.23. The number of ether oxygens (including phenoxy) is 1. The summed E-state index contributed by atoms with van der Waals surface area (Å²) in [6, 6.07) is 11.8. The number of methoxy groups -OCH3 is 1. The highest BCUT2D eigenvalue weighted by molar-refractivity contribution is 5.98. The zero-order valence-electron chi connectivity index (χ0n) is 18.4. The molecule has 5 nitrogen and oxygen atoms in total.